The standard InChI is InChI=1S/C8H16N2O2/c1-3-6(11)7-5(9)4-10(2)8(7)12/h5-7,11H,3-4,9H2,1-2H3/t5-,6-,7+/m0/s1. The van der Waals surface area contributed by atoms with Gasteiger partial charge >= 0.3 is 0 Å². The third-order valence-corrected chi connectivity index (χ3v) is 2.44. The topological polar surface area (TPSA) is 66.6 Å². The summed E-state index contributed by atoms with van der Waals surface area (Å²) < 4.78 is 0. The number of nitrogens with zero attached hydrogens (tertiary/aromatic N) is 1. The van der Waals surface area contributed by atoms with Crippen LogP contribution in [0.5, 0.6) is 0 Å². The minimum atomic E-state index is -0.586. The number of carbonyl (C=O) groups excluding carboxylic acids is 1. The Morgan fingerprint density at radius 2 is 2.42 bits per heavy atom. The van der Waals surface area contributed by atoms with Crippen molar-refractivity contribution in [2.24, 2.45) is 11.7 Å². The Kier molecular flexibility index (Phi) is 2.69. The van der Waals surface area contributed by atoms with Crippen LogP contribution < -0.4 is 5.73 Å². The minimum absolute atomic E-state index is 0.0307. The first-order valence-electron chi connectivity index (χ1n) is 4.26. The second-order valence-electron chi connectivity index (χ2n) is 3.38. The lowest BCUT2D eigenvalue weighted by molar-refractivity contribution is -0.132. The Bertz CT molecular complexity index is 180. The summed E-state index contributed by atoms with van der Waals surface area (Å²) in [6, 6.07) is -0.211. The smallest absolute Gasteiger partial charge is 0.229 e. The van der Waals surface area contributed by atoms with Crippen molar-refractivity contribution < 1.29 is 9.90 Å². The van der Waals surface area contributed by atoms with Crippen molar-refractivity contribution in [2.75, 3.05) is 13.6 Å². The second-order valence-corrected chi connectivity index (χ2v) is 3.38. The quantitative estimate of drug-likeness (QED) is 0.571. The minimum Gasteiger partial charge on any atom is -0.392 e. The molecule has 3 atom stereocenters. The lowest BCUT2D eigenvalue weighted by atomic mass is 9.95. The summed E-state index contributed by atoms with van der Waals surface area (Å²) in [6.45, 7) is 2.41. The number of rotatable bonds is 2. The Hall–Kier alpha value is -0.610. The van der Waals surface area contributed by atoms with Gasteiger partial charge in [0.15, 0.2) is 0 Å². The van der Waals surface area contributed by atoms with Crippen molar-refractivity contribution in [3.05, 3.63) is 0 Å². The van der Waals surface area contributed by atoms with Crippen LogP contribution in [0.15, 0.2) is 0 Å². The molecular formula is C8H16N2O2. The van der Waals surface area contributed by atoms with Gasteiger partial charge in [0.1, 0.15) is 0 Å². The number of likely N-dealkylation sites (N-methyl/N-ethyl adjacent to an activating group) is 1. The monoisotopic (exact) mass is 172 g/mol. The third kappa shape index (κ3) is 1.44. The Balaban J connectivity index is 2.69. The number of carbonyl (C=O) groups is 1. The van der Waals surface area contributed by atoms with E-state index in [-0.39, 0.29) is 17.9 Å². The molecule has 0 spiro atoms. The number of nitrogens with two attached hydrogens (primary N) is 1. The molecule has 1 fully saturated rings. The zero-order valence-corrected chi connectivity index (χ0v) is 7.53. The van der Waals surface area contributed by atoms with E-state index in [4.69, 9.17) is 5.73 Å². The van der Waals surface area contributed by atoms with E-state index < -0.39 is 6.10 Å². The Morgan fingerprint density at radius 1 is 1.83 bits per heavy atom. The van der Waals surface area contributed by atoms with E-state index in [1.165, 1.54) is 0 Å². The number of hydrogen-bond acceptors (Lipinski definition) is 3. The lowest BCUT2D eigenvalue weighted by Gasteiger charge is -2.17. The zero-order chi connectivity index (χ0) is 9.30. The van der Waals surface area contributed by atoms with Gasteiger partial charge in [-0.1, -0.05) is 6.92 Å². The predicted molar refractivity (Wildman–Crippen MR) is 45.4 cm³/mol. The van der Waals surface area contributed by atoms with Gasteiger partial charge in [0, 0.05) is 19.6 Å². The normalized spacial score (nSPS) is 32.7. The molecule has 4 heteroatoms. The van der Waals surface area contributed by atoms with Crippen LogP contribution in [0.25, 0.3) is 0 Å². The largest absolute Gasteiger partial charge is 0.392 e. The van der Waals surface area contributed by atoms with E-state index in [9.17, 15) is 9.90 Å². The van der Waals surface area contributed by atoms with Crippen molar-refractivity contribution in [1.29, 1.82) is 0 Å². The number of likely N-dealkylation sites (tertiary alicyclic amines) is 1. The average molecular weight is 172 g/mol. The number of amides is 1. The van der Waals surface area contributed by atoms with Gasteiger partial charge in [0.2, 0.25) is 5.91 Å². The highest BCUT2D eigenvalue weighted by Crippen LogP contribution is 2.20. The fourth-order valence-electron chi connectivity index (χ4n) is 1.66. The third-order valence-electron chi connectivity index (χ3n) is 2.44. The van der Waals surface area contributed by atoms with Crippen LogP contribution >= 0.6 is 0 Å². The summed E-state index contributed by atoms with van der Waals surface area (Å²) in [4.78, 5) is 13.0. The van der Waals surface area contributed by atoms with Crippen molar-refractivity contribution >= 4 is 5.91 Å². The summed E-state index contributed by atoms with van der Waals surface area (Å²) in [5, 5.41) is 9.49. The first-order valence-corrected chi connectivity index (χ1v) is 4.26. The summed E-state index contributed by atoms with van der Waals surface area (Å²) in [5.41, 5.74) is 5.71. The van der Waals surface area contributed by atoms with Gasteiger partial charge in [0.05, 0.1) is 12.0 Å². The van der Waals surface area contributed by atoms with E-state index >= 15 is 0 Å². The number of aliphatic hydroxyl groups is 1. The molecule has 0 saturated carbocycles. The molecule has 1 rings (SSSR count). The van der Waals surface area contributed by atoms with Gasteiger partial charge < -0.3 is 15.7 Å². The van der Waals surface area contributed by atoms with Crippen molar-refractivity contribution in [3.8, 4) is 0 Å². The van der Waals surface area contributed by atoms with Crippen LogP contribution in [0.1, 0.15) is 13.3 Å². The molecule has 1 amide bonds. The van der Waals surface area contributed by atoms with Crippen LogP contribution in [-0.2, 0) is 4.79 Å². The molecule has 4 nitrogen and oxygen atoms in total. The molecule has 0 aliphatic carbocycles. The Labute approximate surface area is 72.3 Å². The molecule has 0 unspecified atom stereocenters. The van der Waals surface area contributed by atoms with Crippen molar-refractivity contribution in [3.63, 3.8) is 0 Å². The molecule has 3 N–H and O–H groups in total. The van der Waals surface area contributed by atoms with E-state index in [0.717, 1.165) is 0 Å². The average Bonchev–Trinajstić information content (AvgIpc) is 2.26. The SMILES string of the molecule is CC[C@H](O)[C@@H]1C(=O)N(C)C[C@@H]1N. The van der Waals surface area contributed by atoms with Gasteiger partial charge in [-0.05, 0) is 6.42 Å². The maximum absolute atomic E-state index is 11.4. The van der Waals surface area contributed by atoms with Crippen LogP contribution in [0, 0.1) is 5.92 Å². The molecule has 0 aromatic rings. The summed E-state index contributed by atoms with van der Waals surface area (Å²) in [5.74, 6) is -0.420. The molecule has 0 bridgehead atoms. The molecule has 1 aliphatic heterocycles. The second kappa shape index (κ2) is 3.41. The fourth-order valence-corrected chi connectivity index (χ4v) is 1.66. The summed E-state index contributed by atoms with van der Waals surface area (Å²) >= 11 is 0. The zero-order valence-electron chi connectivity index (χ0n) is 7.53. The maximum atomic E-state index is 11.4. The van der Waals surface area contributed by atoms with Gasteiger partial charge in [0.25, 0.3) is 0 Å². The lowest BCUT2D eigenvalue weighted by Crippen LogP contribution is -2.38. The summed E-state index contributed by atoms with van der Waals surface area (Å²) in [7, 11) is 1.71. The van der Waals surface area contributed by atoms with E-state index in [2.05, 4.69) is 0 Å². The highest BCUT2D eigenvalue weighted by molar-refractivity contribution is 5.82. The van der Waals surface area contributed by atoms with Crippen molar-refractivity contribution in [2.45, 2.75) is 25.5 Å². The van der Waals surface area contributed by atoms with Crippen LogP contribution in [0.4, 0.5) is 0 Å². The van der Waals surface area contributed by atoms with Gasteiger partial charge in [-0.3, -0.25) is 4.79 Å². The molecular weight excluding hydrogens is 156 g/mol. The molecule has 12 heavy (non-hydrogen) atoms. The molecule has 1 saturated heterocycles. The van der Waals surface area contributed by atoms with E-state index in [1.807, 2.05) is 6.92 Å². The predicted octanol–water partition coefficient (Wildman–Crippen LogP) is -0.827. The first-order chi connectivity index (χ1) is 5.57. The molecule has 0 radical (unpaired) electrons. The molecule has 0 aromatic heterocycles. The van der Waals surface area contributed by atoms with Crippen LogP contribution in [0.3, 0.4) is 0 Å². The molecule has 1 aliphatic rings. The molecule has 70 valence electrons. The van der Waals surface area contributed by atoms with Gasteiger partial charge in [-0.15, -0.1) is 0 Å². The number of aliphatic hydroxyl groups excluding tert-OH is 1. The number of hydrogen-bond donors (Lipinski definition) is 2. The van der Waals surface area contributed by atoms with Gasteiger partial charge in [-0.25, -0.2) is 0 Å². The van der Waals surface area contributed by atoms with Crippen LogP contribution in [-0.4, -0.2) is 41.7 Å². The Morgan fingerprint density at radius 3 is 2.75 bits per heavy atom. The van der Waals surface area contributed by atoms with E-state index in [1.54, 1.807) is 11.9 Å². The van der Waals surface area contributed by atoms with E-state index in [0.29, 0.717) is 13.0 Å². The highest BCUT2D eigenvalue weighted by Gasteiger charge is 2.40. The molecule has 0 aromatic carbocycles. The highest BCUT2D eigenvalue weighted by atomic mass is 16.3. The fraction of sp³-hybridized carbons (Fsp3) is 0.875. The van der Waals surface area contributed by atoms with Gasteiger partial charge in [-0.2, -0.15) is 0 Å². The van der Waals surface area contributed by atoms with Crippen LogP contribution in [0.2, 0.25) is 0 Å². The molecule has 1 heterocycles. The summed E-state index contributed by atoms with van der Waals surface area (Å²) in [6.07, 6.45) is -0.00440. The maximum Gasteiger partial charge on any atom is 0.229 e. The van der Waals surface area contributed by atoms with Crippen molar-refractivity contribution in [1.82, 2.24) is 4.90 Å². The first kappa shape index (κ1) is 9.48.